The van der Waals surface area contributed by atoms with Crippen molar-refractivity contribution >= 4 is 34.1 Å². The van der Waals surface area contributed by atoms with Gasteiger partial charge in [0.1, 0.15) is 0 Å². The van der Waals surface area contributed by atoms with Crippen molar-refractivity contribution in [3.8, 4) is 11.3 Å². The molecular formula is C31H26N4O3. The molecule has 0 unspecified atom stereocenters. The van der Waals surface area contributed by atoms with E-state index in [1.54, 1.807) is 24.3 Å². The summed E-state index contributed by atoms with van der Waals surface area (Å²) in [5, 5.41) is 7.86. The van der Waals surface area contributed by atoms with E-state index in [0.29, 0.717) is 17.0 Å². The van der Waals surface area contributed by atoms with Gasteiger partial charge in [-0.05, 0) is 79.9 Å². The van der Waals surface area contributed by atoms with Crippen LogP contribution in [0.3, 0.4) is 0 Å². The molecule has 0 saturated heterocycles. The van der Waals surface area contributed by atoms with E-state index >= 15 is 0 Å². The lowest BCUT2D eigenvalue weighted by molar-refractivity contribution is 0.0955. The highest BCUT2D eigenvalue weighted by atomic mass is 16.3. The molecule has 5 aromatic rings. The lowest BCUT2D eigenvalue weighted by atomic mass is 10.0. The summed E-state index contributed by atoms with van der Waals surface area (Å²) in [5.41, 5.74) is 10.0. The molecular weight excluding hydrogens is 476 g/mol. The summed E-state index contributed by atoms with van der Waals surface area (Å²) in [6.07, 6.45) is 1.45. The summed E-state index contributed by atoms with van der Waals surface area (Å²) in [6.45, 7) is 5.93. The molecule has 2 amide bonds. The van der Waals surface area contributed by atoms with Crippen LogP contribution in [0.4, 0.5) is 5.69 Å². The second kappa shape index (κ2) is 10.5. The third kappa shape index (κ3) is 5.22. The maximum Gasteiger partial charge on any atom is 0.291 e. The van der Waals surface area contributed by atoms with Crippen molar-refractivity contribution in [3.05, 3.63) is 119 Å². The molecule has 2 N–H and O–H groups in total. The minimum absolute atomic E-state index is 0.235. The first kappa shape index (κ1) is 24.6. The maximum absolute atomic E-state index is 13.3. The van der Waals surface area contributed by atoms with E-state index in [-0.39, 0.29) is 17.6 Å². The van der Waals surface area contributed by atoms with Gasteiger partial charge in [0.2, 0.25) is 0 Å². The number of hydrogen-bond acceptors (Lipinski definition) is 5. The first-order valence-electron chi connectivity index (χ1n) is 12.2. The number of hydrazone groups is 1. The van der Waals surface area contributed by atoms with Crippen LogP contribution in [0.25, 0.3) is 22.2 Å². The smallest absolute Gasteiger partial charge is 0.291 e. The fraction of sp³-hybridized carbons (Fsp3) is 0.0968. The van der Waals surface area contributed by atoms with Crippen molar-refractivity contribution in [2.24, 2.45) is 5.10 Å². The molecule has 0 aliphatic carbocycles. The number of furan rings is 1. The van der Waals surface area contributed by atoms with Crippen molar-refractivity contribution in [1.82, 2.24) is 10.4 Å². The number of rotatable bonds is 6. The van der Waals surface area contributed by atoms with Gasteiger partial charge in [-0.15, -0.1) is 0 Å². The Labute approximate surface area is 220 Å². The number of amides is 2. The van der Waals surface area contributed by atoms with Gasteiger partial charge in [-0.25, -0.2) is 10.4 Å². The number of pyridine rings is 1. The Kier molecular flexibility index (Phi) is 6.82. The second-order valence-corrected chi connectivity index (χ2v) is 9.02. The number of para-hydroxylation sites is 1. The van der Waals surface area contributed by atoms with Gasteiger partial charge in [0.15, 0.2) is 5.76 Å². The van der Waals surface area contributed by atoms with Gasteiger partial charge in [-0.1, -0.05) is 42.5 Å². The molecule has 0 spiro atoms. The molecule has 0 atom stereocenters. The average Bonchev–Trinajstić information content (AvgIpc) is 3.48. The largest absolute Gasteiger partial charge is 0.459 e. The zero-order valence-electron chi connectivity index (χ0n) is 21.3. The Bertz CT molecular complexity index is 1670. The van der Waals surface area contributed by atoms with Gasteiger partial charge in [0.05, 0.1) is 28.7 Å². The predicted molar refractivity (Wildman–Crippen MR) is 149 cm³/mol. The summed E-state index contributed by atoms with van der Waals surface area (Å²) >= 11 is 0. The van der Waals surface area contributed by atoms with E-state index in [0.717, 1.165) is 33.3 Å². The van der Waals surface area contributed by atoms with Crippen LogP contribution >= 0.6 is 0 Å². The van der Waals surface area contributed by atoms with Gasteiger partial charge in [-0.3, -0.25) is 9.59 Å². The minimum Gasteiger partial charge on any atom is -0.459 e. The van der Waals surface area contributed by atoms with E-state index in [1.807, 2.05) is 55.5 Å². The van der Waals surface area contributed by atoms with Crippen LogP contribution < -0.4 is 10.7 Å². The molecule has 7 heteroatoms. The van der Waals surface area contributed by atoms with Crippen LogP contribution in [-0.4, -0.2) is 22.5 Å². The number of fused-ring (bicyclic) bond motifs is 1. The molecule has 2 heterocycles. The maximum atomic E-state index is 13.3. The zero-order chi connectivity index (χ0) is 26.6. The van der Waals surface area contributed by atoms with Gasteiger partial charge in [0, 0.05) is 16.6 Å². The number of benzene rings is 3. The summed E-state index contributed by atoms with van der Waals surface area (Å²) < 4.78 is 5.11. The van der Waals surface area contributed by atoms with Gasteiger partial charge < -0.3 is 9.73 Å². The first-order valence-corrected chi connectivity index (χ1v) is 12.2. The lowest BCUT2D eigenvalue weighted by Gasteiger charge is -2.11. The van der Waals surface area contributed by atoms with Crippen LogP contribution in [0.2, 0.25) is 0 Å². The SMILES string of the molecule is C/C(=N/NC(=O)c1cc(-c2ccc(C)c(C)c2)nc2ccccc12)c1ccc(NC(=O)c2ccco2)cc1. The molecule has 2 aromatic heterocycles. The van der Waals surface area contributed by atoms with E-state index in [2.05, 4.69) is 41.8 Å². The summed E-state index contributed by atoms with van der Waals surface area (Å²) in [6, 6.07) is 26.0. The van der Waals surface area contributed by atoms with Gasteiger partial charge >= 0.3 is 0 Å². The van der Waals surface area contributed by atoms with Crippen molar-refractivity contribution in [2.45, 2.75) is 20.8 Å². The molecule has 0 bridgehead atoms. The molecule has 7 nitrogen and oxygen atoms in total. The topological polar surface area (TPSA) is 96.6 Å². The van der Waals surface area contributed by atoms with Gasteiger partial charge in [-0.2, -0.15) is 5.10 Å². The normalized spacial score (nSPS) is 11.4. The lowest BCUT2D eigenvalue weighted by Crippen LogP contribution is -2.20. The molecule has 0 radical (unpaired) electrons. The minimum atomic E-state index is -0.329. The summed E-state index contributed by atoms with van der Waals surface area (Å²) in [5.74, 6) is -0.417. The van der Waals surface area contributed by atoms with Crippen molar-refractivity contribution in [1.29, 1.82) is 0 Å². The van der Waals surface area contributed by atoms with Crippen LogP contribution in [0, 0.1) is 13.8 Å². The first-order chi connectivity index (χ1) is 18.4. The Morgan fingerprint density at radius 2 is 1.63 bits per heavy atom. The molecule has 3 aromatic carbocycles. The summed E-state index contributed by atoms with van der Waals surface area (Å²) in [4.78, 5) is 30.2. The highest BCUT2D eigenvalue weighted by Crippen LogP contribution is 2.26. The summed E-state index contributed by atoms with van der Waals surface area (Å²) in [7, 11) is 0. The molecule has 5 rings (SSSR count). The Morgan fingerprint density at radius 3 is 2.37 bits per heavy atom. The Balaban J connectivity index is 1.36. The van der Waals surface area contributed by atoms with E-state index in [4.69, 9.17) is 9.40 Å². The Morgan fingerprint density at radius 1 is 0.842 bits per heavy atom. The highest BCUT2D eigenvalue weighted by molar-refractivity contribution is 6.08. The standard InChI is InChI=1S/C31H26N4O3/c1-19-10-11-23(17-20(19)2)28-18-26(25-7-4-5-8-27(25)33-28)30(36)35-34-21(3)22-12-14-24(15-13-22)32-31(37)29-9-6-16-38-29/h4-18H,1-3H3,(H,32,37)(H,35,36)/b34-21-. The van der Waals surface area contributed by atoms with Crippen LogP contribution in [0.1, 0.15) is 44.5 Å². The van der Waals surface area contributed by atoms with E-state index in [1.165, 1.54) is 11.8 Å². The molecule has 0 saturated carbocycles. The highest BCUT2D eigenvalue weighted by Gasteiger charge is 2.15. The number of nitrogens with zero attached hydrogens (tertiary/aromatic N) is 2. The quantitative estimate of drug-likeness (QED) is 0.204. The third-order valence-corrected chi connectivity index (χ3v) is 6.39. The Hall–Kier alpha value is -5.04. The van der Waals surface area contributed by atoms with E-state index < -0.39 is 0 Å². The molecule has 0 fully saturated rings. The van der Waals surface area contributed by atoms with Crippen molar-refractivity contribution in [2.75, 3.05) is 5.32 Å². The number of aromatic nitrogens is 1. The molecule has 0 aliphatic rings. The number of aryl methyl sites for hydroxylation is 2. The average molecular weight is 503 g/mol. The predicted octanol–water partition coefficient (Wildman–Crippen LogP) is 6.52. The van der Waals surface area contributed by atoms with Crippen LogP contribution in [0.5, 0.6) is 0 Å². The van der Waals surface area contributed by atoms with E-state index in [9.17, 15) is 9.59 Å². The monoisotopic (exact) mass is 502 g/mol. The number of hydrogen-bond donors (Lipinski definition) is 2. The number of nitrogens with one attached hydrogen (secondary N) is 2. The second-order valence-electron chi connectivity index (χ2n) is 9.02. The molecule has 38 heavy (non-hydrogen) atoms. The molecule has 0 aliphatic heterocycles. The van der Waals surface area contributed by atoms with Crippen molar-refractivity contribution in [3.63, 3.8) is 0 Å². The number of carbonyl (C=O) groups is 2. The fourth-order valence-electron chi connectivity index (χ4n) is 4.07. The van der Waals surface area contributed by atoms with Crippen molar-refractivity contribution < 1.29 is 14.0 Å². The van der Waals surface area contributed by atoms with Crippen LogP contribution in [-0.2, 0) is 0 Å². The fourth-order valence-corrected chi connectivity index (χ4v) is 4.07. The number of carbonyl (C=O) groups excluding carboxylic acids is 2. The van der Waals surface area contributed by atoms with Gasteiger partial charge in [0.25, 0.3) is 11.8 Å². The van der Waals surface area contributed by atoms with Crippen LogP contribution in [0.15, 0.2) is 101 Å². The zero-order valence-corrected chi connectivity index (χ0v) is 21.3. The third-order valence-electron chi connectivity index (χ3n) is 6.39. The number of anilines is 1. The molecule has 188 valence electrons.